The fourth-order valence-corrected chi connectivity index (χ4v) is 3.15. The fourth-order valence-electron chi connectivity index (χ4n) is 2.33. The third kappa shape index (κ3) is 4.72. The van der Waals surface area contributed by atoms with E-state index in [1.165, 1.54) is 11.8 Å². The standard InChI is InChI=1S/C18H17ClN4O3S/c1-25-14-8-7-11(9-15(14)26-2)20-16(24)10-27-18-21-17(22-23-18)12-5-3-4-6-13(12)19/h3-9H,10H2,1-2H3,(H,20,24)(H,21,22,23). The summed E-state index contributed by atoms with van der Waals surface area (Å²) in [6.45, 7) is 0. The van der Waals surface area contributed by atoms with E-state index in [9.17, 15) is 4.79 Å². The van der Waals surface area contributed by atoms with Gasteiger partial charge in [0, 0.05) is 17.3 Å². The number of anilines is 1. The number of halogens is 1. The molecule has 9 heteroatoms. The lowest BCUT2D eigenvalue weighted by Crippen LogP contribution is -2.14. The summed E-state index contributed by atoms with van der Waals surface area (Å²) in [4.78, 5) is 16.5. The molecule has 0 fully saturated rings. The van der Waals surface area contributed by atoms with Crippen molar-refractivity contribution in [3.05, 3.63) is 47.5 Å². The maximum absolute atomic E-state index is 12.2. The minimum absolute atomic E-state index is 0.161. The van der Waals surface area contributed by atoms with Crippen LogP contribution in [-0.2, 0) is 4.79 Å². The second-order valence-electron chi connectivity index (χ2n) is 5.35. The van der Waals surface area contributed by atoms with E-state index in [1.54, 1.807) is 38.5 Å². The van der Waals surface area contributed by atoms with Gasteiger partial charge in [0.2, 0.25) is 11.1 Å². The van der Waals surface area contributed by atoms with E-state index in [1.807, 2.05) is 18.2 Å². The molecule has 2 N–H and O–H groups in total. The summed E-state index contributed by atoms with van der Waals surface area (Å²) in [5.41, 5.74) is 1.37. The van der Waals surface area contributed by atoms with Crippen molar-refractivity contribution in [1.29, 1.82) is 0 Å². The highest BCUT2D eigenvalue weighted by Gasteiger charge is 2.12. The minimum Gasteiger partial charge on any atom is -0.493 e. The Kier molecular flexibility index (Phi) is 6.20. The number of rotatable bonds is 7. The van der Waals surface area contributed by atoms with E-state index in [2.05, 4.69) is 20.5 Å². The van der Waals surface area contributed by atoms with Gasteiger partial charge in [0.15, 0.2) is 17.3 Å². The molecule has 2 aromatic carbocycles. The average molecular weight is 405 g/mol. The molecule has 140 valence electrons. The van der Waals surface area contributed by atoms with Gasteiger partial charge in [-0.05, 0) is 24.3 Å². The molecule has 0 aliphatic rings. The highest BCUT2D eigenvalue weighted by Crippen LogP contribution is 2.30. The number of aromatic nitrogens is 3. The van der Waals surface area contributed by atoms with Crippen LogP contribution >= 0.6 is 23.4 Å². The molecule has 1 amide bonds. The molecule has 0 radical (unpaired) electrons. The Morgan fingerprint density at radius 3 is 2.70 bits per heavy atom. The molecule has 0 saturated carbocycles. The number of nitrogens with zero attached hydrogens (tertiary/aromatic N) is 2. The topological polar surface area (TPSA) is 89.1 Å². The van der Waals surface area contributed by atoms with Crippen LogP contribution in [0.3, 0.4) is 0 Å². The van der Waals surface area contributed by atoms with Crippen molar-refractivity contribution in [3.63, 3.8) is 0 Å². The number of benzene rings is 2. The number of hydrogen-bond donors (Lipinski definition) is 2. The molecule has 1 aromatic heterocycles. The zero-order chi connectivity index (χ0) is 19.2. The molecular weight excluding hydrogens is 388 g/mol. The molecule has 7 nitrogen and oxygen atoms in total. The van der Waals surface area contributed by atoms with Gasteiger partial charge >= 0.3 is 0 Å². The Morgan fingerprint density at radius 1 is 1.19 bits per heavy atom. The van der Waals surface area contributed by atoms with E-state index in [4.69, 9.17) is 21.1 Å². The first-order chi connectivity index (χ1) is 13.1. The van der Waals surface area contributed by atoms with Gasteiger partial charge in [0.1, 0.15) is 0 Å². The predicted octanol–water partition coefficient (Wildman–Crippen LogP) is 3.87. The lowest BCUT2D eigenvalue weighted by Gasteiger charge is -2.10. The van der Waals surface area contributed by atoms with Crippen LogP contribution in [0.15, 0.2) is 47.6 Å². The number of nitrogens with one attached hydrogen (secondary N) is 2. The highest BCUT2D eigenvalue weighted by atomic mass is 35.5. The molecule has 3 rings (SSSR count). The molecule has 0 bridgehead atoms. The van der Waals surface area contributed by atoms with Crippen LogP contribution in [0.25, 0.3) is 11.4 Å². The van der Waals surface area contributed by atoms with Crippen molar-refractivity contribution in [2.75, 3.05) is 25.3 Å². The number of aromatic amines is 1. The normalized spacial score (nSPS) is 10.5. The van der Waals surface area contributed by atoms with Gasteiger partial charge in [-0.2, -0.15) is 0 Å². The maximum Gasteiger partial charge on any atom is 0.234 e. The number of carbonyl (C=O) groups is 1. The first-order valence-electron chi connectivity index (χ1n) is 7.92. The average Bonchev–Trinajstić information content (AvgIpc) is 3.15. The van der Waals surface area contributed by atoms with Crippen LogP contribution in [0.1, 0.15) is 0 Å². The summed E-state index contributed by atoms with van der Waals surface area (Å²) in [6.07, 6.45) is 0. The Hall–Kier alpha value is -2.71. The number of methoxy groups -OCH3 is 2. The summed E-state index contributed by atoms with van der Waals surface area (Å²) < 4.78 is 10.4. The molecule has 27 heavy (non-hydrogen) atoms. The van der Waals surface area contributed by atoms with Crippen molar-refractivity contribution in [3.8, 4) is 22.9 Å². The van der Waals surface area contributed by atoms with E-state index < -0.39 is 0 Å². The van der Waals surface area contributed by atoms with Crippen LogP contribution < -0.4 is 14.8 Å². The number of carbonyl (C=O) groups excluding carboxylic acids is 1. The maximum atomic E-state index is 12.2. The van der Waals surface area contributed by atoms with Gasteiger partial charge in [-0.15, -0.1) is 5.10 Å². The fraction of sp³-hybridized carbons (Fsp3) is 0.167. The monoisotopic (exact) mass is 404 g/mol. The van der Waals surface area contributed by atoms with Crippen molar-refractivity contribution in [2.45, 2.75) is 5.16 Å². The smallest absolute Gasteiger partial charge is 0.234 e. The number of amides is 1. The first-order valence-corrected chi connectivity index (χ1v) is 9.29. The lowest BCUT2D eigenvalue weighted by molar-refractivity contribution is -0.113. The van der Waals surface area contributed by atoms with Crippen LogP contribution in [0.5, 0.6) is 11.5 Å². The van der Waals surface area contributed by atoms with Gasteiger partial charge < -0.3 is 14.8 Å². The quantitative estimate of drug-likeness (QED) is 0.581. The van der Waals surface area contributed by atoms with Gasteiger partial charge in [-0.25, -0.2) is 4.98 Å². The SMILES string of the molecule is COc1ccc(NC(=O)CSc2n[nH]c(-c3ccccc3Cl)n2)cc1OC. The van der Waals surface area contributed by atoms with Crippen LogP contribution in [0.2, 0.25) is 5.02 Å². The summed E-state index contributed by atoms with van der Waals surface area (Å²) in [7, 11) is 3.10. The molecule has 0 aliphatic heterocycles. The van der Waals surface area contributed by atoms with Gasteiger partial charge in [0.25, 0.3) is 0 Å². The van der Waals surface area contributed by atoms with Gasteiger partial charge in [-0.1, -0.05) is 35.5 Å². The van der Waals surface area contributed by atoms with E-state index in [-0.39, 0.29) is 11.7 Å². The van der Waals surface area contributed by atoms with Gasteiger partial charge in [-0.3, -0.25) is 9.89 Å². The number of H-pyrrole nitrogens is 1. The zero-order valence-electron chi connectivity index (χ0n) is 14.7. The van der Waals surface area contributed by atoms with E-state index in [0.717, 1.165) is 5.56 Å². The summed E-state index contributed by atoms with van der Waals surface area (Å²) in [5, 5.41) is 10.8. The predicted molar refractivity (Wildman–Crippen MR) is 106 cm³/mol. The largest absolute Gasteiger partial charge is 0.493 e. The van der Waals surface area contributed by atoms with E-state index >= 15 is 0 Å². The molecule has 3 aromatic rings. The Balaban J connectivity index is 1.59. The van der Waals surface area contributed by atoms with Crippen molar-refractivity contribution in [1.82, 2.24) is 15.2 Å². The molecule has 0 atom stereocenters. The summed E-state index contributed by atoms with van der Waals surface area (Å²) in [5.74, 6) is 1.67. The van der Waals surface area contributed by atoms with Crippen molar-refractivity contribution < 1.29 is 14.3 Å². The summed E-state index contributed by atoms with van der Waals surface area (Å²) >= 11 is 7.38. The molecule has 1 heterocycles. The third-order valence-corrected chi connectivity index (χ3v) is 4.77. The van der Waals surface area contributed by atoms with Crippen LogP contribution in [-0.4, -0.2) is 41.1 Å². The number of ether oxygens (including phenoxy) is 2. The molecule has 0 spiro atoms. The molecule has 0 unspecified atom stereocenters. The summed E-state index contributed by atoms with van der Waals surface area (Å²) in [6, 6.07) is 12.5. The Bertz CT molecular complexity index is 948. The van der Waals surface area contributed by atoms with Crippen LogP contribution in [0, 0.1) is 0 Å². The number of hydrogen-bond acceptors (Lipinski definition) is 6. The van der Waals surface area contributed by atoms with Crippen LogP contribution in [0.4, 0.5) is 5.69 Å². The molecule has 0 aliphatic carbocycles. The Morgan fingerprint density at radius 2 is 1.96 bits per heavy atom. The highest BCUT2D eigenvalue weighted by molar-refractivity contribution is 7.99. The first kappa shape index (κ1) is 19.1. The second-order valence-corrected chi connectivity index (χ2v) is 6.70. The van der Waals surface area contributed by atoms with Crippen molar-refractivity contribution in [2.24, 2.45) is 0 Å². The number of thioether (sulfide) groups is 1. The Labute approximate surface area is 165 Å². The van der Waals surface area contributed by atoms with Gasteiger partial charge in [0.05, 0.1) is 25.0 Å². The van der Waals surface area contributed by atoms with Crippen molar-refractivity contribution >= 4 is 35.0 Å². The third-order valence-electron chi connectivity index (χ3n) is 3.59. The lowest BCUT2D eigenvalue weighted by atomic mass is 10.2. The molecular formula is C18H17ClN4O3S. The minimum atomic E-state index is -0.184. The van der Waals surface area contributed by atoms with E-state index in [0.29, 0.717) is 33.2 Å². The second kappa shape index (κ2) is 8.79. The molecule has 0 saturated heterocycles. The zero-order valence-corrected chi connectivity index (χ0v) is 16.2.